The van der Waals surface area contributed by atoms with Crippen molar-refractivity contribution in [3.05, 3.63) is 48.0 Å². The van der Waals surface area contributed by atoms with E-state index in [2.05, 4.69) is 15.6 Å². The summed E-state index contributed by atoms with van der Waals surface area (Å²) in [5, 5.41) is 7.00. The average molecular weight is 371 g/mol. The zero-order chi connectivity index (χ0) is 18.4. The predicted molar refractivity (Wildman–Crippen MR) is 104 cm³/mol. The Kier molecular flexibility index (Phi) is 5.91. The van der Waals surface area contributed by atoms with Crippen LogP contribution in [-0.2, 0) is 11.2 Å². The molecule has 0 bridgehead atoms. The van der Waals surface area contributed by atoms with E-state index in [1.807, 2.05) is 36.4 Å². The number of thiazole rings is 1. The fourth-order valence-corrected chi connectivity index (χ4v) is 3.47. The predicted octanol–water partition coefficient (Wildman–Crippen LogP) is 3.08. The van der Waals surface area contributed by atoms with Crippen molar-refractivity contribution in [2.75, 3.05) is 32.6 Å². The minimum absolute atomic E-state index is 0.0670. The maximum atomic E-state index is 12.2. The number of amides is 1. The molecule has 0 saturated carbocycles. The van der Waals surface area contributed by atoms with Crippen LogP contribution in [0.2, 0.25) is 0 Å². The molecule has 3 aromatic rings. The van der Waals surface area contributed by atoms with E-state index in [0.29, 0.717) is 24.6 Å². The number of hydrogen-bond acceptors (Lipinski definition) is 6. The molecule has 0 spiro atoms. The number of fused-ring (bicyclic) bond motifs is 1. The molecule has 26 heavy (non-hydrogen) atoms. The lowest BCUT2D eigenvalue weighted by molar-refractivity contribution is -0.120. The van der Waals surface area contributed by atoms with Crippen molar-refractivity contribution < 1.29 is 14.3 Å². The molecule has 0 radical (unpaired) electrons. The van der Waals surface area contributed by atoms with Gasteiger partial charge in [-0.25, -0.2) is 4.98 Å². The SMILES string of the molecule is COc1ccc(OC)c(CC(=O)NCCNc2nc3ccccc3s2)c1. The number of nitrogens with one attached hydrogen (secondary N) is 2. The number of benzene rings is 2. The van der Waals surface area contributed by atoms with Crippen molar-refractivity contribution in [3.8, 4) is 11.5 Å². The number of para-hydroxylation sites is 1. The molecule has 1 heterocycles. The van der Waals surface area contributed by atoms with Crippen molar-refractivity contribution in [2.45, 2.75) is 6.42 Å². The highest BCUT2D eigenvalue weighted by Gasteiger charge is 2.10. The van der Waals surface area contributed by atoms with E-state index >= 15 is 0 Å². The zero-order valence-electron chi connectivity index (χ0n) is 14.7. The average Bonchev–Trinajstić information content (AvgIpc) is 3.08. The van der Waals surface area contributed by atoms with Crippen molar-refractivity contribution in [1.82, 2.24) is 10.3 Å². The molecule has 1 aromatic heterocycles. The van der Waals surface area contributed by atoms with Crippen LogP contribution in [-0.4, -0.2) is 38.2 Å². The summed E-state index contributed by atoms with van der Waals surface area (Å²) in [7, 11) is 3.19. The van der Waals surface area contributed by atoms with Crippen LogP contribution in [0, 0.1) is 0 Å². The third-order valence-electron chi connectivity index (χ3n) is 3.86. The lowest BCUT2D eigenvalue weighted by Crippen LogP contribution is -2.30. The third-order valence-corrected chi connectivity index (χ3v) is 4.85. The number of anilines is 1. The summed E-state index contributed by atoms with van der Waals surface area (Å²) in [5.74, 6) is 1.31. The number of nitrogens with zero attached hydrogens (tertiary/aromatic N) is 1. The highest BCUT2D eigenvalue weighted by atomic mass is 32.1. The van der Waals surface area contributed by atoms with E-state index in [1.165, 1.54) is 0 Å². The van der Waals surface area contributed by atoms with Crippen LogP contribution < -0.4 is 20.1 Å². The normalized spacial score (nSPS) is 10.5. The molecule has 6 nitrogen and oxygen atoms in total. The zero-order valence-corrected chi connectivity index (χ0v) is 15.6. The first-order valence-corrected chi connectivity index (χ1v) is 9.08. The molecule has 0 unspecified atom stereocenters. The van der Waals surface area contributed by atoms with Crippen molar-refractivity contribution in [3.63, 3.8) is 0 Å². The molecule has 0 saturated heterocycles. The van der Waals surface area contributed by atoms with Crippen LogP contribution >= 0.6 is 11.3 Å². The van der Waals surface area contributed by atoms with Gasteiger partial charge in [0.1, 0.15) is 11.5 Å². The van der Waals surface area contributed by atoms with Crippen LogP contribution in [0.1, 0.15) is 5.56 Å². The maximum absolute atomic E-state index is 12.2. The summed E-state index contributed by atoms with van der Waals surface area (Å²) in [6.07, 6.45) is 0.238. The molecule has 136 valence electrons. The molecule has 0 fully saturated rings. The Morgan fingerprint density at radius 2 is 1.96 bits per heavy atom. The van der Waals surface area contributed by atoms with E-state index in [0.717, 1.165) is 20.9 Å². The first kappa shape index (κ1) is 18.0. The lowest BCUT2D eigenvalue weighted by atomic mass is 10.1. The highest BCUT2D eigenvalue weighted by Crippen LogP contribution is 2.25. The second-order valence-corrected chi connectivity index (χ2v) is 6.65. The van der Waals surface area contributed by atoms with E-state index in [4.69, 9.17) is 9.47 Å². The van der Waals surface area contributed by atoms with Crippen LogP contribution in [0.4, 0.5) is 5.13 Å². The minimum Gasteiger partial charge on any atom is -0.497 e. The molecule has 7 heteroatoms. The number of aromatic nitrogens is 1. The van der Waals surface area contributed by atoms with Gasteiger partial charge in [0.05, 0.1) is 30.9 Å². The third kappa shape index (κ3) is 4.43. The second kappa shape index (κ2) is 8.53. The van der Waals surface area contributed by atoms with Gasteiger partial charge in [0.2, 0.25) is 5.91 Å². The van der Waals surface area contributed by atoms with Crippen LogP contribution in [0.15, 0.2) is 42.5 Å². The molecule has 1 amide bonds. The first-order chi connectivity index (χ1) is 12.7. The highest BCUT2D eigenvalue weighted by molar-refractivity contribution is 7.22. The van der Waals surface area contributed by atoms with Gasteiger partial charge >= 0.3 is 0 Å². The summed E-state index contributed by atoms with van der Waals surface area (Å²) < 4.78 is 11.7. The molecule has 3 rings (SSSR count). The monoisotopic (exact) mass is 371 g/mol. The number of carbonyl (C=O) groups excluding carboxylic acids is 1. The summed E-state index contributed by atoms with van der Waals surface area (Å²) >= 11 is 1.60. The summed E-state index contributed by atoms with van der Waals surface area (Å²) in [6.45, 7) is 1.13. The van der Waals surface area contributed by atoms with E-state index in [-0.39, 0.29) is 12.3 Å². The summed E-state index contributed by atoms with van der Waals surface area (Å²) in [4.78, 5) is 16.7. The van der Waals surface area contributed by atoms with Crippen molar-refractivity contribution >= 4 is 32.6 Å². The molecule has 2 aromatic carbocycles. The fraction of sp³-hybridized carbons (Fsp3) is 0.263. The molecule has 0 aliphatic carbocycles. The Bertz CT molecular complexity index is 862. The van der Waals surface area contributed by atoms with Crippen LogP contribution in [0.3, 0.4) is 0 Å². The number of ether oxygens (including phenoxy) is 2. The Morgan fingerprint density at radius 1 is 1.12 bits per heavy atom. The number of rotatable bonds is 8. The summed E-state index contributed by atoms with van der Waals surface area (Å²) in [5.41, 5.74) is 1.78. The Hall–Kier alpha value is -2.80. The largest absolute Gasteiger partial charge is 0.497 e. The topological polar surface area (TPSA) is 72.5 Å². The van der Waals surface area contributed by atoms with E-state index in [1.54, 1.807) is 31.6 Å². The number of hydrogen-bond donors (Lipinski definition) is 2. The smallest absolute Gasteiger partial charge is 0.224 e. The van der Waals surface area contributed by atoms with E-state index in [9.17, 15) is 4.79 Å². The second-order valence-electron chi connectivity index (χ2n) is 5.62. The molecular formula is C19H21N3O3S. The fourth-order valence-electron chi connectivity index (χ4n) is 2.57. The summed E-state index contributed by atoms with van der Waals surface area (Å²) in [6, 6.07) is 13.4. The quantitative estimate of drug-likeness (QED) is 0.596. The van der Waals surface area contributed by atoms with Gasteiger partial charge in [-0.15, -0.1) is 0 Å². The maximum Gasteiger partial charge on any atom is 0.224 e. The van der Waals surface area contributed by atoms with Gasteiger partial charge < -0.3 is 20.1 Å². The van der Waals surface area contributed by atoms with Gasteiger partial charge in [0, 0.05) is 18.7 Å². The molecule has 0 aliphatic heterocycles. The number of methoxy groups -OCH3 is 2. The molecule has 2 N–H and O–H groups in total. The van der Waals surface area contributed by atoms with Gasteiger partial charge in [-0.05, 0) is 30.3 Å². The van der Waals surface area contributed by atoms with Crippen molar-refractivity contribution in [2.24, 2.45) is 0 Å². The van der Waals surface area contributed by atoms with Gasteiger partial charge in [0.25, 0.3) is 0 Å². The first-order valence-electron chi connectivity index (χ1n) is 8.26. The van der Waals surface area contributed by atoms with E-state index < -0.39 is 0 Å². The van der Waals surface area contributed by atoms with Crippen LogP contribution in [0.25, 0.3) is 10.2 Å². The minimum atomic E-state index is -0.0670. The van der Waals surface area contributed by atoms with Gasteiger partial charge in [0.15, 0.2) is 5.13 Å². The van der Waals surface area contributed by atoms with Crippen molar-refractivity contribution in [1.29, 1.82) is 0 Å². The molecule has 0 atom stereocenters. The van der Waals surface area contributed by atoms with Gasteiger partial charge in [-0.1, -0.05) is 23.5 Å². The molecule has 0 aliphatic rings. The van der Waals surface area contributed by atoms with Gasteiger partial charge in [-0.2, -0.15) is 0 Å². The van der Waals surface area contributed by atoms with Crippen LogP contribution in [0.5, 0.6) is 11.5 Å². The Morgan fingerprint density at radius 3 is 2.73 bits per heavy atom. The Balaban J connectivity index is 1.48. The standard InChI is InChI=1S/C19H21N3O3S/c1-24-14-7-8-16(25-2)13(11-14)12-18(23)20-9-10-21-19-22-15-5-3-4-6-17(15)26-19/h3-8,11H,9-10,12H2,1-2H3,(H,20,23)(H,21,22). The number of carbonyl (C=O) groups is 1. The van der Waals surface area contributed by atoms with Gasteiger partial charge in [-0.3, -0.25) is 4.79 Å². The lowest BCUT2D eigenvalue weighted by Gasteiger charge is -2.11. The Labute approximate surface area is 156 Å². The molecular weight excluding hydrogens is 350 g/mol.